The average Bonchev–Trinajstić information content (AvgIpc) is 2.85. The molecule has 6 heteroatoms. The number of carbonyl (C=O) groups excluding carboxylic acids is 1. The highest BCUT2D eigenvalue weighted by Gasteiger charge is 2.25. The van der Waals surface area contributed by atoms with E-state index in [9.17, 15) is 14.7 Å². The smallest absolute Gasteiger partial charge is 0.326 e. The molecule has 1 rings (SSSR count). The predicted molar refractivity (Wildman–Crippen MR) is 94.2 cm³/mol. The summed E-state index contributed by atoms with van der Waals surface area (Å²) < 4.78 is 1.86. The van der Waals surface area contributed by atoms with Crippen LogP contribution in [0, 0.1) is 12.3 Å². The van der Waals surface area contributed by atoms with E-state index in [1.807, 2.05) is 11.6 Å². The summed E-state index contributed by atoms with van der Waals surface area (Å²) in [6.07, 6.45) is 4.53. The zero-order chi connectivity index (χ0) is 18.5. The van der Waals surface area contributed by atoms with E-state index in [0.717, 1.165) is 25.0 Å². The molecule has 136 valence electrons. The molecule has 0 aliphatic rings. The van der Waals surface area contributed by atoms with Crippen molar-refractivity contribution in [2.24, 2.45) is 5.41 Å². The molecular formula is C18H31N3O3. The van der Waals surface area contributed by atoms with Crippen molar-refractivity contribution in [2.75, 3.05) is 0 Å². The Morgan fingerprint density at radius 2 is 1.88 bits per heavy atom. The minimum Gasteiger partial charge on any atom is -0.480 e. The molecule has 0 aromatic carbocycles. The summed E-state index contributed by atoms with van der Waals surface area (Å²) in [5.41, 5.74) is 1.25. The molecule has 1 aromatic heterocycles. The molecule has 1 atom stereocenters. The zero-order valence-corrected chi connectivity index (χ0v) is 15.7. The fourth-order valence-electron chi connectivity index (χ4n) is 2.72. The van der Waals surface area contributed by atoms with Crippen LogP contribution in [-0.2, 0) is 4.79 Å². The quantitative estimate of drug-likeness (QED) is 0.759. The molecule has 0 spiro atoms. The van der Waals surface area contributed by atoms with Gasteiger partial charge < -0.3 is 10.4 Å². The number of carbonyl (C=O) groups is 2. The number of nitrogens with zero attached hydrogens (tertiary/aromatic N) is 2. The minimum absolute atomic E-state index is 0.0225. The Bertz CT molecular complexity index is 569. The first-order valence-corrected chi connectivity index (χ1v) is 8.68. The second-order valence-electron chi connectivity index (χ2n) is 7.52. The largest absolute Gasteiger partial charge is 0.480 e. The van der Waals surface area contributed by atoms with Crippen LogP contribution < -0.4 is 5.32 Å². The van der Waals surface area contributed by atoms with E-state index in [0.29, 0.717) is 12.0 Å². The van der Waals surface area contributed by atoms with Crippen molar-refractivity contribution < 1.29 is 14.7 Å². The van der Waals surface area contributed by atoms with Crippen LogP contribution in [0.3, 0.4) is 0 Å². The summed E-state index contributed by atoms with van der Waals surface area (Å²) in [5, 5.41) is 16.3. The van der Waals surface area contributed by atoms with Gasteiger partial charge in [-0.2, -0.15) is 5.10 Å². The third-order valence-corrected chi connectivity index (χ3v) is 4.36. The van der Waals surface area contributed by atoms with Gasteiger partial charge in [0.25, 0.3) is 5.91 Å². The Balaban J connectivity index is 2.87. The van der Waals surface area contributed by atoms with Crippen molar-refractivity contribution in [3.63, 3.8) is 0 Å². The first-order valence-electron chi connectivity index (χ1n) is 8.68. The molecule has 0 aliphatic heterocycles. The number of hydrogen-bond donors (Lipinski definition) is 2. The maximum Gasteiger partial charge on any atom is 0.326 e. The number of carboxylic acids is 1. The molecule has 1 aromatic rings. The van der Waals surface area contributed by atoms with E-state index >= 15 is 0 Å². The Morgan fingerprint density at radius 1 is 1.29 bits per heavy atom. The molecule has 1 heterocycles. The number of amides is 1. The first kappa shape index (κ1) is 20.2. The summed E-state index contributed by atoms with van der Waals surface area (Å²) in [6.45, 7) is 12.2. The molecule has 0 radical (unpaired) electrons. The van der Waals surface area contributed by atoms with E-state index in [1.54, 1.807) is 0 Å². The van der Waals surface area contributed by atoms with Gasteiger partial charge in [0, 0.05) is 5.69 Å². The topological polar surface area (TPSA) is 84.2 Å². The van der Waals surface area contributed by atoms with Gasteiger partial charge in [-0.15, -0.1) is 0 Å². The van der Waals surface area contributed by atoms with E-state index in [2.05, 4.69) is 45.0 Å². The van der Waals surface area contributed by atoms with Crippen LogP contribution >= 0.6 is 0 Å². The van der Waals surface area contributed by atoms with Crippen LogP contribution in [0.1, 0.15) is 82.4 Å². The van der Waals surface area contributed by atoms with Crippen molar-refractivity contribution >= 4 is 11.9 Å². The monoisotopic (exact) mass is 337 g/mol. The van der Waals surface area contributed by atoms with Crippen LogP contribution in [0.15, 0.2) is 6.20 Å². The van der Waals surface area contributed by atoms with Gasteiger partial charge in [-0.05, 0) is 38.0 Å². The third-order valence-electron chi connectivity index (χ3n) is 4.36. The van der Waals surface area contributed by atoms with Gasteiger partial charge in [0.15, 0.2) is 0 Å². The van der Waals surface area contributed by atoms with E-state index in [-0.39, 0.29) is 17.4 Å². The van der Waals surface area contributed by atoms with Crippen molar-refractivity contribution in [3.05, 3.63) is 17.5 Å². The van der Waals surface area contributed by atoms with Crippen molar-refractivity contribution in [2.45, 2.75) is 79.3 Å². The molecule has 0 saturated carbocycles. The Kier molecular flexibility index (Phi) is 6.99. The van der Waals surface area contributed by atoms with Crippen molar-refractivity contribution in [1.82, 2.24) is 15.1 Å². The minimum atomic E-state index is -1.00. The van der Waals surface area contributed by atoms with Gasteiger partial charge >= 0.3 is 5.97 Å². The zero-order valence-electron chi connectivity index (χ0n) is 15.7. The Hall–Kier alpha value is -1.85. The van der Waals surface area contributed by atoms with Crippen LogP contribution in [0.2, 0.25) is 0 Å². The van der Waals surface area contributed by atoms with Crippen LogP contribution in [0.4, 0.5) is 0 Å². The first-order chi connectivity index (χ1) is 11.1. The number of rotatable bonds is 8. The van der Waals surface area contributed by atoms with Gasteiger partial charge in [-0.1, -0.05) is 34.6 Å². The summed E-state index contributed by atoms with van der Waals surface area (Å²) in [7, 11) is 0. The predicted octanol–water partition coefficient (Wildman–Crippen LogP) is 3.56. The van der Waals surface area contributed by atoms with Crippen LogP contribution in [-0.4, -0.2) is 32.8 Å². The average molecular weight is 337 g/mol. The molecule has 1 unspecified atom stereocenters. The van der Waals surface area contributed by atoms with Crippen LogP contribution in [0.5, 0.6) is 0 Å². The lowest BCUT2D eigenvalue weighted by Crippen LogP contribution is -2.41. The number of nitrogens with one attached hydrogen (secondary N) is 1. The van der Waals surface area contributed by atoms with Gasteiger partial charge in [0.1, 0.15) is 6.04 Å². The maximum atomic E-state index is 12.5. The van der Waals surface area contributed by atoms with E-state index in [1.165, 1.54) is 6.20 Å². The Morgan fingerprint density at radius 3 is 2.33 bits per heavy atom. The van der Waals surface area contributed by atoms with Crippen molar-refractivity contribution in [1.29, 1.82) is 0 Å². The molecule has 0 saturated heterocycles. The Labute approximate surface area is 144 Å². The van der Waals surface area contributed by atoms with E-state index < -0.39 is 12.0 Å². The maximum absolute atomic E-state index is 12.5. The van der Waals surface area contributed by atoms with Gasteiger partial charge in [0.05, 0.1) is 17.8 Å². The molecule has 1 amide bonds. The van der Waals surface area contributed by atoms with Crippen LogP contribution in [0.25, 0.3) is 0 Å². The standard InChI is InChI=1S/C18H31N3O3/c1-7-13(8-2)21-12(3)14(11-19-21)16(22)20-15(17(23)24)9-10-18(4,5)6/h11,13,15H,7-10H2,1-6H3,(H,20,22)(H,23,24). The highest BCUT2D eigenvalue weighted by molar-refractivity contribution is 5.97. The number of aromatic nitrogens is 2. The second-order valence-corrected chi connectivity index (χ2v) is 7.52. The van der Waals surface area contributed by atoms with Gasteiger partial charge in [-0.3, -0.25) is 9.48 Å². The fraction of sp³-hybridized carbons (Fsp3) is 0.722. The number of aliphatic carboxylic acids is 1. The summed E-state index contributed by atoms with van der Waals surface area (Å²) in [6, 6.07) is -0.629. The highest BCUT2D eigenvalue weighted by atomic mass is 16.4. The third kappa shape index (κ3) is 5.35. The summed E-state index contributed by atoms with van der Waals surface area (Å²) in [4.78, 5) is 23.9. The van der Waals surface area contributed by atoms with Crippen molar-refractivity contribution in [3.8, 4) is 0 Å². The fourth-order valence-corrected chi connectivity index (χ4v) is 2.72. The summed E-state index contributed by atoms with van der Waals surface area (Å²) in [5.74, 6) is -1.37. The molecule has 6 nitrogen and oxygen atoms in total. The second kappa shape index (κ2) is 8.31. The lowest BCUT2D eigenvalue weighted by atomic mass is 9.88. The lowest BCUT2D eigenvalue weighted by Gasteiger charge is -2.21. The summed E-state index contributed by atoms with van der Waals surface area (Å²) >= 11 is 0. The highest BCUT2D eigenvalue weighted by Crippen LogP contribution is 2.22. The van der Waals surface area contributed by atoms with E-state index in [4.69, 9.17) is 0 Å². The molecule has 0 fully saturated rings. The number of carboxylic acid groups (broad SMARTS) is 1. The molecule has 0 bridgehead atoms. The number of hydrogen-bond acceptors (Lipinski definition) is 3. The SMILES string of the molecule is CCC(CC)n1ncc(C(=O)NC(CCC(C)(C)C)C(=O)O)c1C. The molecule has 2 N–H and O–H groups in total. The molecule has 0 aliphatic carbocycles. The van der Waals surface area contributed by atoms with Gasteiger partial charge in [-0.25, -0.2) is 4.79 Å². The molecular weight excluding hydrogens is 306 g/mol. The lowest BCUT2D eigenvalue weighted by molar-refractivity contribution is -0.139. The molecule has 24 heavy (non-hydrogen) atoms. The normalized spacial score (nSPS) is 13.1. The van der Waals surface area contributed by atoms with Gasteiger partial charge in [0.2, 0.25) is 0 Å².